The molecular weight excluding hydrogens is 392 g/mol. The summed E-state index contributed by atoms with van der Waals surface area (Å²) in [7, 11) is 1.67. The van der Waals surface area contributed by atoms with E-state index in [4.69, 9.17) is 0 Å². The summed E-state index contributed by atoms with van der Waals surface area (Å²) in [6, 6.07) is -0.676. The topological polar surface area (TPSA) is 90.0 Å². The SMILES string of the molecule is C/C(=C\[C@H](C(C)C)N(C)C(=O)CNC=O)C(=O)N1CCC[C@H]1C(=O)N1CCSC1. The molecule has 0 aromatic rings. The molecule has 4 amide bonds. The maximum absolute atomic E-state index is 13.1. The van der Waals surface area contributed by atoms with Crippen LogP contribution in [0, 0.1) is 5.92 Å². The van der Waals surface area contributed by atoms with Gasteiger partial charge in [-0.3, -0.25) is 19.2 Å². The zero-order valence-electron chi connectivity index (χ0n) is 17.7. The average Bonchev–Trinajstić information content (AvgIpc) is 3.40. The third-order valence-corrected chi connectivity index (χ3v) is 6.45. The Bertz CT molecular complexity index is 661. The first-order valence-corrected chi connectivity index (χ1v) is 11.2. The van der Waals surface area contributed by atoms with E-state index in [9.17, 15) is 19.2 Å². The number of nitrogens with zero attached hydrogens (tertiary/aromatic N) is 3. The summed E-state index contributed by atoms with van der Waals surface area (Å²) in [5.74, 6) is 1.39. The normalized spacial score (nSPS) is 20.7. The largest absolute Gasteiger partial charge is 0.350 e. The second-order valence-electron chi connectivity index (χ2n) is 7.88. The zero-order valence-corrected chi connectivity index (χ0v) is 18.5. The number of likely N-dealkylation sites (N-methyl/N-ethyl adjacent to an activating group) is 1. The molecule has 0 radical (unpaired) electrons. The predicted molar refractivity (Wildman–Crippen MR) is 113 cm³/mol. The van der Waals surface area contributed by atoms with E-state index < -0.39 is 6.04 Å². The van der Waals surface area contributed by atoms with Crippen LogP contribution in [0.5, 0.6) is 0 Å². The summed E-state index contributed by atoms with van der Waals surface area (Å²) in [4.78, 5) is 53.7. The standard InChI is InChI=1S/C20H32N4O4S/c1-14(2)17(22(4)18(26)11-21-12-25)10-15(3)19(27)24-7-5-6-16(24)20(28)23-8-9-29-13-23/h10,12,14,16-17H,5-9,11,13H2,1-4H3,(H,21,25)/b15-10+/t16-,17+/m0/s1. The van der Waals surface area contributed by atoms with Crippen LogP contribution in [0.4, 0.5) is 0 Å². The van der Waals surface area contributed by atoms with Crippen LogP contribution in [0.2, 0.25) is 0 Å². The van der Waals surface area contributed by atoms with Crippen molar-refractivity contribution in [1.29, 1.82) is 0 Å². The fourth-order valence-corrected chi connectivity index (χ4v) is 4.75. The lowest BCUT2D eigenvalue weighted by Crippen LogP contribution is -2.47. The van der Waals surface area contributed by atoms with E-state index in [0.717, 1.165) is 18.7 Å². The lowest BCUT2D eigenvalue weighted by molar-refractivity contribution is -0.141. The minimum absolute atomic E-state index is 0.0429. The molecule has 162 valence electrons. The van der Waals surface area contributed by atoms with Gasteiger partial charge in [0.25, 0.3) is 0 Å². The highest BCUT2D eigenvalue weighted by Crippen LogP contribution is 2.25. The summed E-state index contributed by atoms with van der Waals surface area (Å²) in [5, 5.41) is 2.38. The summed E-state index contributed by atoms with van der Waals surface area (Å²) >= 11 is 1.73. The Balaban J connectivity index is 2.12. The molecule has 2 saturated heterocycles. The molecule has 0 aromatic heterocycles. The Hall–Kier alpha value is -2.03. The Labute approximate surface area is 177 Å². The first-order chi connectivity index (χ1) is 13.8. The van der Waals surface area contributed by atoms with Crippen molar-refractivity contribution in [2.45, 2.75) is 45.7 Å². The molecule has 9 heteroatoms. The number of carbonyl (C=O) groups is 4. The van der Waals surface area contributed by atoms with Gasteiger partial charge in [-0.25, -0.2) is 0 Å². The molecule has 1 N–H and O–H groups in total. The molecule has 2 rings (SSSR count). The number of hydrogen-bond donors (Lipinski definition) is 1. The summed E-state index contributed by atoms with van der Waals surface area (Å²) in [6.45, 7) is 6.93. The predicted octanol–water partition coefficient (Wildman–Crippen LogP) is 0.686. The number of rotatable bonds is 8. The van der Waals surface area contributed by atoms with E-state index in [2.05, 4.69) is 5.32 Å². The van der Waals surface area contributed by atoms with Crippen LogP contribution >= 0.6 is 11.8 Å². The highest BCUT2D eigenvalue weighted by Gasteiger charge is 2.37. The molecule has 0 aliphatic carbocycles. The number of hydrogen-bond acceptors (Lipinski definition) is 5. The van der Waals surface area contributed by atoms with Crippen molar-refractivity contribution in [2.75, 3.05) is 38.3 Å². The van der Waals surface area contributed by atoms with Crippen LogP contribution < -0.4 is 5.32 Å². The van der Waals surface area contributed by atoms with Crippen molar-refractivity contribution in [3.8, 4) is 0 Å². The van der Waals surface area contributed by atoms with Gasteiger partial charge in [-0.05, 0) is 25.7 Å². The van der Waals surface area contributed by atoms with Crippen molar-refractivity contribution in [3.63, 3.8) is 0 Å². The minimum Gasteiger partial charge on any atom is -0.350 e. The fraction of sp³-hybridized carbons (Fsp3) is 0.700. The van der Waals surface area contributed by atoms with Crippen molar-refractivity contribution < 1.29 is 19.2 Å². The van der Waals surface area contributed by atoms with Crippen molar-refractivity contribution >= 4 is 35.9 Å². The van der Waals surface area contributed by atoms with Gasteiger partial charge in [0.1, 0.15) is 6.04 Å². The maximum atomic E-state index is 13.1. The molecule has 0 bridgehead atoms. The molecule has 8 nitrogen and oxygen atoms in total. The molecule has 2 fully saturated rings. The van der Waals surface area contributed by atoms with Gasteiger partial charge in [-0.1, -0.05) is 19.9 Å². The number of thioether (sulfide) groups is 1. The summed E-state index contributed by atoms with van der Waals surface area (Å²) < 4.78 is 0. The number of likely N-dealkylation sites (tertiary alicyclic amines) is 1. The Morgan fingerprint density at radius 3 is 2.59 bits per heavy atom. The quantitative estimate of drug-likeness (QED) is 0.457. The Kier molecular flexibility index (Phi) is 8.55. The molecule has 0 saturated carbocycles. The highest BCUT2D eigenvalue weighted by molar-refractivity contribution is 7.99. The van der Waals surface area contributed by atoms with Crippen LogP contribution in [0.15, 0.2) is 11.6 Å². The molecule has 0 spiro atoms. The average molecular weight is 425 g/mol. The van der Waals surface area contributed by atoms with Gasteiger partial charge in [-0.2, -0.15) is 0 Å². The smallest absolute Gasteiger partial charge is 0.249 e. The molecule has 2 aliphatic heterocycles. The van der Waals surface area contributed by atoms with E-state index in [1.165, 1.54) is 0 Å². The van der Waals surface area contributed by atoms with Gasteiger partial charge in [0.15, 0.2) is 0 Å². The monoisotopic (exact) mass is 424 g/mol. The van der Waals surface area contributed by atoms with E-state index in [-0.39, 0.29) is 36.2 Å². The molecule has 2 aliphatic rings. The second-order valence-corrected chi connectivity index (χ2v) is 8.96. The lowest BCUT2D eigenvalue weighted by atomic mass is 9.99. The van der Waals surface area contributed by atoms with Crippen molar-refractivity contribution in [1.82, 2.24) is 20.0 Å². The number of amides is 4. The van der Waals surface area contributed by atoms with Gasteiger partial charge in [0, 0.05) is 31.5 Å². The number of nitrogens with one attached hydrogen (secondary N) is 1. The van der Waals surface area contributed by atoms with Gasteiger partial charge in [-0.15, -0.1) is 11.8 Å². The second kappa shape index (κ2) is 10.7. The molecule has 2 atom stereocenters. The first-order valence-electron chi connectivity index (χ1n) is 10.1. The molecule has 29 heavy (non-hydrogen) atoms. The minimum atomic E-state index is -0.391. The van der Waals surface area contributed by atoms with Gasteiger partial charge >= 0.3 is 0 Å². The molecule has 2 heterocycles. The molecular formula is C20H32N4O4S. The summed E-state index contributed by atoms with van der Waals surface area (Å²) in [5.41, 5.74) is 0.530. The first kappa shape index (κ1) is 23.3. The van der Waals surface area contributed by atoms with Crippen molar-refractivity contribution in [2.24, 2.45) is 5.92 Å². The molecule has 0 unspecified atom stereocenters. The highest BCUT2D eigenvalue weighted by atomic mass is 32.2. The van der Waals surface area contributed by atoms with E-state index in [0.29, 0.717) is 30.8 Å². The Morgan fingerprint density at radius 1 is 1.28 bits per heavy atom. The lowest BCUT2D eigenvalue weighted by Gasteiger charge is -2.31. The van der Waals surface area contributed by atoms with Crippen molar-refractivity contribution in [3.05, 3.63) is 11.6 Å². The van der Waals surface area contributed by atoms with Gasteiger partial charge in [0.2, 0.25) is 24.1 Å². The van der Waals surface area contributed by atoms with E-state index in [1.54, 1.807) is 41.6 Å². The van der Waals surface area contributed by atoms with Crippen LogP contribution in [-0.4, -0.2) is 89.2 Å². The fourth-order valence-electron chi connectivity index (χ4n) is 3.79. The molecule has 0 aromatic carbocycles. The third-order valence-electron chi connectivity index (χ3n) is 5.48. The van der Waals surface area contributed by atoms with Crippen LogP contribution in [0.3, 0.4) is 0 Å². The maximum Gasteiger partial charge on any atom is 0.249 e. The number of carbonyl (C=O) groups excluding carboxylic acids is 4. The summed E-state index contributed by atoms with van der Waals surface area (Å²) in [6.07, 6.45) is 3.81. The van der Waals surface area contributed by atoms with Gasteiger partial charge < -0.3 is 20.0 Å². The van der Waals surface area contributed by atoms with E-state index >= 15 is 0 Å². The van der Waals surface area contributed by atoms with Crippen LogP contribution in [0.25, 0.3) is 0 Å². The van der Waals surface area contributed by atoms with Crippen LogP contribution in [-0.2, 0) is 19.2 Å². The van der Waals surface area contributed by atoms with Crippen LogP contribution in [0.1, 0.15) is 33.6 Å². The third kappa shape index (κ3) is 5.74. The zero-order chi connectivity index (χ0) is 21.6. The van der Waals surface area contributed by atoms with Gasteiger partial charge in [0.05, 0.1) is 18.5 Å². The Morgan fingerprint density at radius 2 is 2.00 bits per heavy atom. The van der Waals surface area contributed by atoms with E-state index in [1.807, 2.05) is 18.7 Å².